The van der Waals surface area contributed by atoms with Crippen molar-refractivity contribution in [3.8, 4) is 11.1 Å². The van der Waals surface area contributed by atoms with Gasteiger partial charge in [0, 0.05) is 40.1 Å². The van der Waals surface area contributed by atoms with E-state index < -0.39 is 0 Å². The zero-order chi connectivity index (χ0) is 26.8. The lowest BCUT2D eigenvalue weighted by atomic mass is 10.0. The van der Waals surface area contributed by atoms with Gasteiger partial charge >= 0.3 is 0 Å². The number of hydrogen-bond acceptors (Lipinski definition) is 4. The molecule has 2 N–H and O–H groups in total. The van der Waals surface area contributed by atoms with Crippen LogP contribution in [0.15, 0.2) is 71.7 Å². The summed E-state index contributed by atoms with van der Waals surface area (Å²) in [6.45, 7) is 4.85. The van der Waals surface area contributed by atoms with Crippen molar-refractivity contribution in [3.63, 3.8) is 0 Å². The van der Waals surface area contributed by atoms with Gasteiger partial charge in [0.25, 0.3) is 5.91 Å². The van der Waals surface area contributed by atoms with Crippen molar-refractivity contribution in [2.75, 3.05) is 18.4 Å². The molecule has 194 valence electrons. The summed E-state index contributed by atoms with van der Waals surface area (Å²) in [5.74, 6) is -0.220. The summed E-state index contributed by atoms with van der Waals surface area (Å²) in [5, 5.41) is 3.97. The molecule has 1 atom stereocenters. The number of aryl methyl sites for hydroxylation is 1. The van der Waals surface area contributed by atoms with Crippen LogP contribution >= 0.6 is 22.6 Å². The fourth-order valence-corrected chi connectivity index (χ4v) is 6.02. The molecule has 5 rings (SSSR count). The van der Waals surface area contributed by atoms with Crippen LogP contribution in [0.1, 0.15) is 53.0 Å². The van der Waals surface area contributed by atoms with Crippen LogP contribution in [-0.2, 0) is 6.42 Å². The number of amides is 1. The highest BCUT2D eigenvalue weighted by Gasteiger charge is 2.29. The first-order valence-electron chi connectivity index (χ1n) is 13.0. The number of pyridine rings is 1. The average molecular weight is 620 g/mol. The van der Waals surface area contributed by atoms with Gasteiger partial charge < -0.3 is 15.2 Å². The number of aromatic nitrogens is 1. The summed E-state index contributed by atoms with van der Waals surface area (Å²) in [7, 11) is 0. The number of hydrogen-bond donors (Lipinski definition) is 2. The third kappa shape index (κ3) is 5.12. The van der Waals surface area contributed by atoms with Gasteiger partial charge in [-0.05, 0) is 89.7 Å². The lowest BCUT2D eigenvalue weighted by Crippen LogP contribution is -2.39. The van der Waals surface area contributed by atoms with Crippen LogP contribution in [0.4, 0.5) is 5.69 Å². The van der Waals surface area contributed by atoms with Crippen LogP contribution < -0.4 is 10.7 Å². The molecular weight excluding hydrogens is 589 g/mol. The third-order valence-electron chi connectivity index (χ3n) is 7.36. The molecule has 4 aromatic rings. The number of rotatable bonds is 7. The average Bonchev–Trinajstić information content (AvgIpc) is 3.41. The Morgan fingerprint density at radius 1 is 1.03 bits per heavy atom. The lowest BCUT2D eigenvalue weighted by molar-refractivity contribution is 0.0743. The molecule has 1 aliphatic rings. The molecule has 1 aliphatic heterocycles. The monoisotopic (exact) mass is 619 g/mol. The van der Waals surface area contributed by atoms with E-state index in [1.54, 1.807) is 0 Å². The molecule has 0 saturated carbocycles. The lowest BCUT2D eigenvalue weighted by Gasteiger charge is -2.26. The second-order valence-corrected chi connectivity index (χ2v) is 10.8. The van der Waals surface area contributed by atoms with Gasteiger partial charge in [-0.2, -0.15) is 0 Å². The molecule has 1 aromatic heterocycles. The standard InChI is InChI=1S/C31H30IN3O3/c1-3-20-6-8-21(9-7-20)22-10-12-23(13-11-22)31(38)35-16-4-5-24(35)17-33-27-15-14-26-28(29(27)32)30(37)25(18-34-26)19(2)36/h6-15,18,24,33H,3-5,16-17H2,1-2H3,(H,34,37). The van der Waals surface area contributed by atoms with Crippen molar-refractivity contribution in [3.05, 3.63) is 97.3 Å². The Morgan fingerprint density at radius 3 is 2.37 bits per heavy atom. The summed E-state index contributed by atoms with van der Waals surface area (Å²) < 4.78 is 0.767. The van der Waals surface area contributed by atoms with Gasteiger partial charge in [0.2, 0.25) is 5.43 Å². The quantitative estimate of drug-likeness (QED) is 0.189. The fraction of sp³-hybridized carbons (Fsp3) is 0.258. The summed E-state index contributed by atoms with van der Waals surface area (Å²) >= 11 is 2.16. The molecule has 0 bridgehead atoms. The molecule has 7 heteroatoms. The number of carbonyl (C=O) groups is 2. The molecule has 1 unspecified atom stereocenters. The maximum atomic E-state index is 13.4. The first kappa shape index (κ1) is 26.2. The molecule has 1 fully saturated rings. The number of nitrogens with zero attached hydrogens (tertiary/aromatic N) is 1. The Kier molecular flexibility index (Phi) is 7.65. The number of likely N-dealkylation sites (tertiary alicyclic amines) is 1. The van der Waals surface area contributed by atoms with Crippen LogP contribution in [0.2, 0.25) is 0 Å². The zero-order valence-electron chi connectivity index (χ0n) is 21.5. The van der Waals surface area contributed by atoms with E-state index in [4.69, 9.17) is 0 Å². The number of fused-ring (bicyclic) bond motifs is 1. The minimum atomic E-state index is -0.262. The summed E-state index contributed by atoms with van der Waals surface area (Å²) in [5.41, 5.74) is 5.64. The van der Waals surface area contributed by atoms with E-state index in [0.29, 0.717) is 23.0 Å². The Hall–Kier alpha value is -3.46. The van der Waals surface area contributed by atoms with Crippen LogP contribution in [0, 0.1) is 3.57 Å². The Labute approximate surface area is 235 Å². The zero-order valence-corrected chi connectivity index (χ0v) is 23.7. The Bertz CT molecular complexity index is 1560. The van der Waals surface area contributed by atoms with Crippen molar-refractivity contribution in [2.24, 2.45) is 0 Å². The van der Waals surface area contributed by atoms with E-state index >= 15 is 0 Å². The fourth-order valence-electron chi connectivity index (χ4n) is 5.11. The van der Waals surface area contributed by atoms with Crippen molar-refractivity contribution < 1.29 is 9.59 Å². The highest BCUT2D eigenvalue weighted by molar-refractivity contribution is 14.1. The number of H-pyrrole nitrogens is 1. The minimum Gasteiger partial charge on any atom is -0.382 e. The molecule has 1 saturated heterocycles. The number of Topliss-reactive ketones (excluding diaryl/α,β-unsaturated/α-hetero) is 1. The summed E-state index contributed by atoms with van der Waals surface area (Å²) in [4.78, 5) is 43.2. The number of carbonyl (C=O) groups excluding carboxylic acids is 2. The first-order chi connectivity index (χ1) is 18.4. The molecule has 0 aliphatic carbocycles. The molecule has 1 amide bonds. The molecule has 38 heavy (non-hydrogen) atoms. The third-order valence-corrected chi connectivity index (χ3v) is 8.48. The maximum Gasteiger partial charge on any atom is 0.254 e. The van der Waals surface area contributed by atoms with Crippen molar-refractivity contribution >= 4 is 50.9 Å². The second-order valence-electron chi connectivity index (χ2n) is 9.74. The molecule has 0 radical (unpaired) electrons. The Morgan fingerprint density at radius 2 is 1.71 bits per heavy atom. The van der Waals surface area contributed by atoms with Gasteiger partial charge in [-0.1, -0.05) is 43.3 Å². The van der Waals surface area contributed by atoms with E-state index in [9.17, 15) is 14.4 Å². The van der Waals surface area contributed by atoms with Gasteiger partial charge in [-0.3, -0.25) is 14.4 Å². The molecule has 6 nitrogen and oxygen atoms in total. The van der Waals surface area contributed by atoms with Gasteiger partial charge in [0.15, 0.2) is 5.78 Å². The van der Waals surface area contributed by atoms with Crippen molar-refractivity contribution in [1.82, 2.24) is 9.88 Å². The number of anilines is 1. The first-order valence-corrected chi connectivity index (χ1v) is 14.0. The van der Waals surface area contributed by atoms with Crippen LogP contribution in [0.25, 0.3) is 22.0 Å². The van der Waals surface area contributed by atoms with Crippen molar-refractivity contribution in [1.29, 1.82) is 0 Å². The van der Waals surface area contributed by atoms with E-state index in [-0.39, 0.29) is 28.7 Å². The predicted octanol–water partition coefficient (Wildman–Crippen LogP) is 6.28. The van der Waals surface area contributed by atoms with Crippen LogP contribution in [0.5, 0.6) is 0 Å². The number of nitrogens with one attached hydrogen (secondary N) is 2. The number of halogens is 1. The molecule has 2 heterocycles. The van der Waals surface area contributed by atoms with Crippen LogP contribution in [-0.4, -0.2) is 40.7 Å². The van der Waals surface area contributed by atoms with E-state index in [1.165, 1.54) is 18.7 Å². The second kappa shape index (κ2) is 11.1. The van der Waals surface area contributed by atoms with E-state index in [1.807, 2.05) is 41.3 Å². The maximum absolute atomic E-state index is 13.4. The van der Waals surface area contributed by atoms with Crippen LogP contribution in [0.3, 0.4) is 0 Å². The highest BCUT2D eigenvalue weighted by Crippen LogP contribution is 2.27. The highest BCUT2D eigenvalue weighted by atomic mass is 127. The van der Waals surface area contributed by atoms with E-state index in [0.717, 1.165) is 46.2 Å². The van der Waals surface area contributed by atoms with Gasteiger partial charge in [0.05, 0.1) is 16.5 Å². The summed E-state index contributed by atoms with van der Waals surface area (Å²) in [6, 6.07) is 20.2. The topological polar surface area (TPSA) is 82.3 Å². The number of aromatic amines is 1. The minimum absolute atomic E-state index is 0.0398. The number of ketones is 1. The normalized spacial score (nSPS) is 15.1. The van der Waals surface area contributed by atoms with Gasteiger partial charge in [0.1, 0.15) is 0 Å². The Balaban J connectivity index is 1.30. The summed E-state index contributed by atoms with van der Waals surface area (Å²) in [6.07, 6.45) is 4.36. The smallest absolute Gasteiger partial charge is 0.254 e. The van der Waals surface area contributed by atoms with Gasteiger partial charge in [-0.25, -0.2) is 0 Å². The molecular formula is C31H30IN3O3. The molecule has 0 spiro atoms. The molecule has 3 aromatic carbocycles. The largest absolute Gasteiger partial charge is 0.382 e. The van der Waals surface area contributed by atoms with Crippen molar-refractivity contribution in [2.45, 2.75) is 39.2 Å². The number of benzene rings is 3. The van der Waals surface area contributed by atoms with Gasteiger partial charge in [-0.15, -0.1) is 0 Å². The SMILES string of the molecule is CCc1ccc(-c2ccc(C(=O)N3CCCC3CNc3ccc4[nH]cc(C(C)=O)c(=O)c4c3I)cc2)cc1. The van der Waals surface area contributed by atoms with E-state index in [2.05, 4.69) is 64.1 Å². The predicted molar refractivity (Wildman–Crippen MR) is 161 cm³/mol.